The first kappa shape index (κ1) is 17.0. The predicted octanol–water partition coefficient (Wildman–Crippen LogP) is 2.42. The molecule has 1 aromatic carbocycles. The molecular formula is C21H25N3O2. The van der Waals surface area contributed by atoms with Crippen molar-refractivity contribution in [2.24, 2.45) is 5.92 Å². The Balaban J connectivity index is 1.27. The van der Waals surface area contributed by atoms with Crippen molar-refractivity contribution in [2.75, 3.05) is 13.1 Å². The highest BCUT2D eigenvalue weighted by atomic mass is 16.5. The molecular weight excluding hydrogens is 326 g/mol. The Labute approximate surface area is 154 Å². The average molecular weight is 351 g/mol. The molecule has 136 valence electrons. The molecule has 1 aliphatic heterocycles. The lowest BCUT2D eigenvalue weighted by atomic mass is 9.85. The molecule has 1 aromatic heterocycles. The van der Waals surface area contributed by atoms with E-state index in [9.17, 15) is 4.79 Å². The van der Waals surface area contributed by atoms with E-state index in [4.69, 9.17) is 4.74 Å². The second-order valence-corrected chi connectivity index (χ2v) is 7.33. The predicted molar refractivity (Wildman–Crippen MR) is 100 cm³/mol. The van der Waals surface area contributed by atoms with Crippen LogP contribution in [0.15, 0.2) is 48.7 Å². The fraction of sp³-hybridized carbons (Fsp3) is 0.429. The molecule has 1 aliphatic carbocycles. The van der Waals surface area contributed by atoms with Gasteiger partial charge < -0.3 is 15.4 Å². The number of nitrogens with zero attached hydrogens (tertiary/aromatic N) is 1. The van der Waals surface area contributed by atoms with Crippen molar-refractivity contribution in [3.63, 3.8) is 0 Å². The van der Waals surface area contributed by atoms with Gasteiger partial charge in [-0.3, -0.25) is 9.78 Å². The van der Waals surface area contributed by atoms with Crippen molar-refractivity contribution in [1.82, 2.24) is 15.6 Å². The molecule has 5 heteroatoms. The number of nitrogens with one attached hydrogen (secondary N) is 2. The SMILES string of the molecule is Cc1ccc(O[C@H]2C[C@H](NC(=O)[C@@H]3CNC[C@H]3c3ccccc3)C2)cn1. The number of ether oxygens (including phenoxy) is 1. The van der Waals surface area contributed by atoms with E-state index in [0.717, 1.165) is 37.4 Å². The van der Waals surface area contributed by atoms with Crippen LogP contribution in [-0.2, 0) is 4.79 Å². The third-order valence-corrected chi connectivity index (χ3v) is 5.41. The molecule has 1 saturated heterocycles. The Hall–Kier alpha value is -2.40. The van der Waals surface area contributed by atoms with Crippen LogP contribution in [0, 0.1) is 12.8 Å². The number of benzene rings is 1. The summed E-state index contributed by atoms with van der Waals surface area (Å²) in [5, 5.41) is 6.57. The van der Waals surface area contributed by atoms with E-state index in [1.165, 1.54) is 5.56 Å². The number of carbonyl (C=O) groups excluding carboxylic acids is 1. The molecule has 2 heterocycles. The fourth-order valence-corrected chi connectivity index (χ4v) is 3.81. The van der Waals surface area contributed by atoms with Crippen LogP contribution < -0.4 is 15.4 Å². The van der Waals surface area contributed by atoms with E-state index < -0.39 is 0 Å². The topological polar surface area (TPSA) is 63.2 Å². The number of hydrogen-bond acceptors (Lipinski definition) is 4. The maximum absolute atomic E-state index is 12.7. The van der Waals surface area contributed by atoms with Gasteiger partial charge in [0.2, 0.25) is 5.91 Å². The van der Waals surface area contributed by atoms with Crippen molar-refractivity contribution < 1.29 is 9.53 Å². The third-order valence-electron chi connectivity index (χ3n) is 5.41. The first-order valence-corrected chi connectivity index (χ1v) is 9.34. The van der Waals surface area contributed by atoms with Gasteiger partial charge >= 0.3 is 0 Å². The monoisotopic (exact) mass is 351 g/mol. The largest absolute Gasteiger partial charge is 0.489 e. The van der Waals surface area contributed by atoms with Crippen LogP contribution in [0.3, 0.4) is 0 Å². The maximum Gasteiger partial charge on any atom is 0.225 e. The molecule has 0 bridgehead atoms. The van der Waals surface area contributed by atoms with Crippen LogP contribution in [0.4, 0.5) is 0 Å². The van der Waals surface area contributed by atoms with Crippen LogP contribution in [0.25, 0.3) is 0 Å². The van der Waals surface area contributed by atoms with E-state index in [2.05, 4.69) is 27.8 Å². The lowest BCUT2D eigenvalue weighted by Gasteiger charge is -2.36. The number of pyridine rings is 1. The summed E-state index contributed by atoms with van der Waals surface area (Å²) in [5.74, 6) is 1.21. The lowest BCUT2D eigenvalue weighted by molar-refractivity contribution is -0.126. The number of aryl methyl sites for hydroxylation is 1. The molecule has 2 aliphatic rings. The number of aromatic nitrogens is 1. The zero-order valence-corrected chi connectivity index (χ0v) is 15.0. The van der Waals surface area contributed by atoms with E-state index in [-0.39, 0.29) is 29.9 Å². The van der Waals surface area contributed by atoms with Gasteiger partial charge in [-0.05, 0) is 24.6 Å². The van der Waals surface area contributed by atoms with Crippen LogP contribution in [0.2, 0.25) is 0 Å². The van der Waals surface area contributed by atoms with E-state index in [1.54, 1.807) is 6.20 Å². The molecule has 1 amide bonds. The molecule has 2 N–H and O–H groups in total. The first-order chi connectivity index (χ1) is 12.7. The second-order valence-electron chi connectivity index (χ2n) is 7.33. The number of hydrogen-bond donors (Lipinski definition) is 2. The van der Waals surface area contributed by atoms with Gasteiger partial charge in [-0.15, -0.1) is 0 Å². The quantitative estimate of drug-likeness (QED) is 0.868. The van der Waals surface area contributed by atoms with Gasteiger partial charge in [-0.2, -0.15) is 0 Å². The number of amides is 1. The van der Waals surface area contributed by atoms with Crippen LogP contribution >= 0.6 is 0 Å². The summed E-state index contributed by atoms with van der Waals surface area (Å²) in [6.07, 6.45) is 3.64. The molecule has 26 heavy (non-hydrogen) atoms. The number of carbonyl (C=O) groups is 1. The first-order valence-electron chi connectivity index (χ1n) is 9.34. The molecule has 2 aromatic rings. The van der Waals surface area contributed by atoms with Gasteiger partial charge in [-0.1, -0.05) is 30.3 Å². The zero-order chi connectivity index (χ0) is 17.9. The maximum atomic E-state index is 12.7. The molecule has 0 unspecified atom stereocenters. The molecule has 2 atom stereocenters. The van der Waals surface area contributed by atoms with Gasteiger partial charge in [0.1, 0.15) is 11.9 Å². The van der Waals surface area contributed by atoms with Crippen molar-refractivity contribution in [2.45, 2.75) is 37.8 Å². The Morgan fingerprint density at radius 3 is 2.69 bits per heavy atom. The van der Waals surface area contributed by atoms with Crippen LogP contribution in [-0.4, -0.2) is 36.1 Å². The molecule has 0 radical (unpaired) electrons. The van der Waals surface area contributed by atoms with Gasteiger partial charge in [0.05, 0.1) is 12.1 Å². The summed E-state index contributed by atoms with van der Waals surface area (Å²) in [7, 11) is 0. The summed E-state index contributed by atoms with van der Waals surface area (Å²) < 4.78 is 5.91. The average Bonchev–Trinajstić information content (AvgIpc) is 3.12. The van der Waals surface area contributed by atoms with Crippen molar-refractivity contribution in [3.8, 4) is 5.75 Å². The van der Waals surface area contributed by atoms with E-state index >= 15 is 0 Å². The van der Waals surface area contributed by atoms with Crippen LogP contribution in [0.5, 0.6) is 5.75 Å². The molecule has 5 nitrogen and oxygen atoms in total. The second kappa shape index (κ2) is 7.46. The minimum atomic E-state index is -0.00123. The van der Waals surface area contributed by atoms with Crippen molar-refractivity contribution in [1.29, 1.82) is 0 Å². The summed E-state index contributed by atoms with van der Waals surface area (Å²) in [6.45, 7) is 3.56. The minimum Gasteiger partial charge on any atom is -0.489 e. The Morgan fingerprint density at radius 1 is 1.15 bits per heavy atom. The minimum absolute atomic E-state index is 0.00123. The van der Waals surface area contributed by atoms with Gasteiger partial charge in [0, 0.05) is 43.6 Å². The third kappa shape index (κ3) is 3.73. The highest BCUT2D eigenvalue weighted by Crippen LogP contribution is 2.30. The van der Waals surface area contributed by atoms with E-state index in [0.29, 0.717) is 0 Å². The summed E-state index contributed by atoms with van der Waals surface area (Å²) in [5.41, 5.74) is 2.22. The molecule has 0 spiro atoms. The standard InChI is InChI=1S/C21H25N3O2/c1-14-7-8-17(11-23-14)26-18-9-16(10-18)24-21(25)20-13-22-12-19(20)15-5-3-2-4-6-15/h2-8,11,16,18-20,22H,9-10,12-13H2,1H3,(H,24,25)/t16-,18-,19-,20+/m0/s1. The summed E-state index contributed by atoms with van der Waals surface area (Å²) >= 11 is 0. The normalized spacial score (nSPS) is 27.6. The van der Waals surface area contributed by atoms with E-state index in [1.807, 2.05) is 37.3 Å². The lowest BCUT2D eigenvalue weighted by Crippen LogP contribution is -2.51. The summed E-state index contributed by atoms with van der Waals surface area (Å²) in [4.78, 5) is 17.0. The van der Waals surface area contributed by atoms with Gasteiger partial charge in [0.25, 0.3) is 0 Å². The number of rotatable bonds is 5. The smallest absolute Gasteiger partial charge is 0.225 e. The van der Waals surface area contributed by atoms with Crippen molar-refractivity contribution >= 4 is 5.91 Å². The highest BCUT2D eigenvalue weighted by molar-refractivity contribution is 5.81. The molecule has 2 fully saturated rings. The zero-order valence-electron chi connectivity index (χ0n) is 15.0. The fourth-order valence-electron chi connectivity index (χ4n) is 3.81. The Bertz CT molecular complexity index is 742. The van der Waals surface area contributed by atoms with Gasteiger partial charge in [0.15, 0.2) is 0 Å². The molecule has 1 saturated carbocycles. The Kier molecular flexibility index (Phi) is 4.89. The van der Waals surface area contributed by atoms with Gasteiger partial charge in [-0.25, -0.2) is 0 Å². The highest BCUT2D eigenvalue weighted by Gasteiger charge is 2.38. The van der Waals surface area contributed by atoms with Crippen molar-refractivity contribution in [3.05, 3.63) is 59.9 Å². The Morgan fingerprint density at radius 2 is 1.96 bits per heavy atom. The molecule has 4 rings (SSSR count). The summed E-state index contributed by atoms with van der Waals surface area (Å²) in [6, 6.07) is 14.4. The van der Waals surface area contributed by atoms with Crippen LogP contribution in [0.1, 0.15) is 30.0 Å².